The zero-order chi connectivity index (χ0) is 26.0. The second-order valence-electron chi connectivity index (χ2n) is 7.35. The van der Waals surface area contributed by atoms with E-state index in [9.17, 15) is 18.0 Å². The molecule has 0 aromatic heterocycles. The lowest BCUT2D eigenvalue weighted by Crippen LogP contribution is -2.33. The highest BCUT2D eigenvalue weighted by atomic mass is 35.5. The molecule has 0 radical (unpaired) electrons. The number of aliphatic hydroxyl groups excluding tert-OH is 1. The second kappa shape index (κ2) is 12.9. The predicted molar refractivity (Wildman–Crippen MR) is 131 cm³/mol. The van der Waals surface area contributed by atoms with Crippen LogP contribution in [0.5, 0.6) is 0 Å². The van der Waals surface area contributed by atoms with Crippen molar-refractivity contribution in [1.29, 1.82) is 0 Å². The highest BCUT2D eigenvalue weighted by Gasteiger charge is 2.31. The molecule has 0 saturated heterocycles. The summed E-state index contributed by atoms with van der Waals surface area (Å²) in [5.74, 6) is -0.103. The molecule has 7 nitrogen and oxygen atoms in total. The lowest BCUT2D eigenvalue weighted by molar-refractivity contribution is -0.137. The number of carbonyl (C=O) groups excluding carboxylic acids is 1. The van der Waals surface area contributed by atoms with Gasteiger partial charge >= 0.3 is 12.3 Å². The minimum atomic E-state index is -4.53. The van der Waals surface area contributed by atoms with Gasteiger partial charge in [0.15, 0.2) is 0 Å². The van der Waals surface area contributed by atoms with Crippen molar-refractivity contribution in [3.8, 4) is 0 Å². The minimum Gasteiger partial charge on any atom is -0.448 e. The van der Waals surface area contributed by atoms with Crippen LogP contribution < -0.4 is 10.6 Å². The number of nitrogens with zero attached hydrogens (tertiary/aromatic N) is 3. The fourth-order valence-electron chi connectivity index (χ4n) is 2.82. The normalized spacial score (nSPS) is 12.3. The Bertz CT molecular complexity index is 1070. The van der Waals surface area contributed by atoms with Gasteiger partial charge < -0.3 is 20.5 Å². The third-order valence-corrected chi connectivity index (χ3v) is 4.94. The monoisotopic (exact) mass is 510 g/mol. The van der Waals surface area contributed by atoms with Crippen LogP contribution in [-0.4, -0.2) is 55.7 Å². The summed E-state index contributed by atoms with van der Waals surface area (Å²) in [5.41, 5.74) is 6.24. The van der Waals surface area contributed by atoms with Crippen LogP contribution in [0, 0.1) is 0 Å². The number of halogens is 4. The number of carbonyl (C=O) groups is 1. The number of alkyl halides is 3. The predicted octanol–water partition coefficient (Wildman–Crippen LogP) is 4.77. The molecule has 1 amide bonds. The van der Waals surface area contributed by atoms with Gasteiger partial charge in [-0.15, -0.1) is 0 Å². The fraction of sp³-hybridized carbons (Fsp3) is 0.250. The Labute approximate surface area is 206 Å². The topological polar surface area (TPSA) is 91.4 Å². The van der Waals surface area contributed by atoms with Gasteiger partial charge in [-0.25, -0.2) is 14.7 Å². The average molecular weight is 511 g/mol. The molecule has 0 unspecified atom stereocenters. The Morgan fingerprint density at radius 1 is 1.23 bits per heavy atom. The minimum absolute atomic E-state index is 0.0227. The Balaban J connectivity index is 2.23. The summed E-state index contributed by atoms with van der Waals surface area (Å²) in [6.07, 6.45) is -2.63. The largest absolute Gasteiger partial charge is 0.448 e. The number of rotatable bonds is 10. The zero-order valence-corrected chi connectivity index (χ0v) is 19.8. The second-order valence-corrected chi connectivity index (χ2v) is 7.78. The van der Waals surface area contributed by atoms with Crippen LogP contribution in [0.4, 0.5) is 23.7 Å². The molecule has 2 aromatic carbocycles. The van der Waals surface area contributed by atoms with Gasteiger partial charge in [0, 0.05) is 30.0 Å². The van der Waals surface area contributed by atoms with E-state index in [0.29, 0.717) is 29.4 Å². The van der Waals surface area contributed by atoms with Crippen LogP contribution >= 0.6 is 11.6 Å². The van der Waals surface area contributed by atoms with E-state index in [4.69, 9.17) is 27.2 Å². The van der Waals surface area contributed by atoms with Crippen LogP contribution in [0.3, 0.4) is 0 Å². The highest BCUT2D eigenvalue weighted by Crippen LogP contribution is 2.31. The summed E-state index contributed by atoms with van der Waals surface area (Å²) in [7, 11) is 1.73. The number of nitrogens with two attached hydrogens (primary N) is 1. The number of hydrogen-bond acceptors (Lipinski definition) is 6. The lowest BCUT2D eigenvalue weighted by Gasteiger charge is -2.23. The average Bonchev–Trinajstić information content (AvgIpc) is 2.79. The molecule has 0 saturated carbocycles. The van der Waals surface area contributed by atoms with Crippen molar-refractivity contribution >= 4 is 35.3 Å². The van der Waals surface area contributed by atoms with E-state index in [2.05, 4.69) is 11.6 Å². The number of anilines is 1. The van der Waals surface area contributed by atoms with Crippen LogP contribution in [0.2, 0.25) is 5.02 Å². The van der Waals surface area contributed by atoms with Gasteiger partial charge in [0.2, 0.25) is 0 Å². The van der Waals surface area contributed by atoms with Crippen LogP contribution in [0.15, 0.2) is 72.0 Å². The van der Waals surface area contributed by atoms with Gasteiger partial charge in [0.05, 0.1) is 17.9 Å². The molecule has 11 heteroatoms. The quantitative estimate of drug-likeness (QED) is 0.449. The molecule has 188 valence electrons. The number of allylic oxidation sites excluding steroid dienone is 1. The van der Waals surface area contributed by atoms with Gasteiger partial charge in [0.1, 0.15) is 12.4 Å². The molecule has 0 aliphatic rings. The van der Waals surface area contributed by atoms with Crippen molar-refractivity contribution < 1.29 is 27.8 Å². The van der Waals surface area contributed by atoms with E-state index in [1.54, 1.807) is 36.2 Å². The highest BCUT2D eigenvalue weighted by molar-refractivity contribution is 6.30. The first kappa shape index (κ1) is 27.9. The summed E-state index contributed by atoms with van der Waals surface area (Å²) in [4.78, 5) is 19.6. The summed E-state index contributed by atoms with van der Waals surface area (Å²) < 4.78 is 44.1. The maximum Gasteiger partial charge on any atom is 0.420 e. The van der Waals surface area contributed by atoms with Crippen molar-refractivity contribution in [2.24, 2.45) is 10.7 Å². The van der Waals surface area contributed by atoms with Crippen LogP contribution in [0.25, 0.3) is 5.70 Å². The number of benzene rings is 2. The van der Waals surface area contributed by atoms with E-state index in [0.717, 1.165) is 29.2 Å². The number of amides is 1. The number of hydrogen-bond donors (Lipinski definition) is 2. The third kappa shape index (κ3) is 8.75. The molecule has 0 heterocycles. The zero-order valence-electron chi connectivity index (χ0n) is 19.0. The van der Waals surface area contributed by atoms with Gasteiger partial charge in [-0.05, 0) is 55.1 Å². The molecule has 0 aliphatic heterocycles. The Morgan fingerprint density at radius 2 is 1.91 bits per heavy atom. The van der Waals surface area contributed by atoms with E-state index in [-0.39, 0.29) is 24.7 Å². The van der Waals surface area contributed by atoms with Gasteiger partial charge in [-0.3, -0.25) is 0 Å². The number of ether oxygens (including phenoxy) is 1. The first-order chi connectivity index (χ1) is 16.5. The first-order valence-corrected chi connectivity index (χ1v) is 10.8. The molecule has 0 bridgehead atoms. The summed E-state index contributed by atoms with van der Waals surface area (Å²) >= 11 is 5.96. The number of aliphatic hydroxyl groups is 1. The maximum absolute atomic E-state index is 13.0. The molecule has 0 fully saturated rings. The van der Waals surface area contributed by atoms with Crippen molar-refractivity contribution in [2.45, 2.75) is 6.18 Å². The standard InChI is InChI=1S/C24H26ClF3N4O3/c1-17(30-11-10-22(29)18-4-3-5-20(25)16-18)32(23(34)35-15-13-31(2)12-14-33)21-8-6-19(7-9-21)24(26,27)28/h3-11,16,33H,1,12-15,29H2,2H3/b22-10-,30-11-. The van der Waals surface area contributed by atoms with E-state index in [1.807, 2.05) is 0 Å². The SMILES string of the molecule is C=C(/N=C\C=C(/N)c1cccc(Cl)c1)N(C(=O)OCCN(C)CCO)c1ccc(C(F)(F)F)cc1. The van der Waals surface area contributed by atoms with E-state index >= 15 is 0 Å². The smallest absolute Gasteiger partial charge is 0.420 e. The van der Waals surface area contributed by atoms with E-state index in [1.165, 1.54) is 12.3 Å². The Hall–Kier alpha value is -3.34. The summed E-state index contributed by atoms with van der Waals surface area (Å²) in [5, 5.41) is 9.46. The van der Waals surface area contributed by atoms with Crippen molar-refractivity contribution in [2.75, 3.05) is 38.3 Å². The number of aliphatic imine (C=N–C) groups is 1. The molecular weight excluding hydrogens is 485 g/mol. The van der Waals surface area contributed by atoms with Crippen LogP contribution in [0.1, 0.15) is 11.1 Å². The van der Waals surface area contributed by atoms with E-state index < -0.39 is 17.8 Å². The summed E-state index contributed by atoms with van der Waals surface area (Å²) in [6, 6.07) is 10.8. The molecule has 2 aromatic rings. The lowest BCUT2D eigenvalue weighted by atomic mass is 10.1. The number of likely N-dealkylation sites (N-methyl/N-ethyl adjacent to an activating group) is 1. The molecule has 3 N–H and O–H groups in total. The van der Waals surface area contributed by atoms with Gasteiger partial charge in [-0.2, -0.15) is 13.2 Å². The summed E-state index contributed by atoms with van der Waals surface area (Å²) in [6.45, 7) is 4.39. The molecule has 2 rings (SSSR count). The van der Waals surface area contributed by atoms with Gasteiger partial charge in [0.25, 0.3) is 0 Å². The van der Waals surface area contributed by atoms with Crippen molar-refractivity contribution in [3.05, 3.63) is 83.2 Å². The third-order valence-electron chi connectivity index (χ3n) is 4.71. The van der Waals surface area contributed by atoms with Crippen LogP contribution in [-0.2, 0) is 10.9 Å². The maximum atomic E-state index is 13.0. The Morgan fingerprint density at radius 3 is 2.51 bits per heavy atom. The first-order valence-electron chi connectivity index (χ1n) is 10.4. The molecule has 0 aliphatic carbocycles. The molecule has 0 atom stereocenters. The Kier molecular flexibility index (Phi) is 10.3. The molecule has 0 spiro atoms. The van der Waals surface area contributed by atoms with Crippen molar-refractivity contribution in [3.63, 3.8) is 0 Å². The fourth-order valence-corrected chi connectivity index (χ4v) is 3.01. The molecule has 35 heavy (non-hydrogen) atoms. The van der Waals surface area contributed by atoms with Gasteiger partial charge in [-0.1, -0.05) is 30.3 Å². The van der Waals surface area contributed by atoms with Crippen molar-refractivity contribution in [1.82, 2.24) is 4.90 Å². The molecular formula is C24H26ClF3N4O3.